The van der Waals surface area contributed by atoms with E-state index in [9.17, 15) is 9.59 Å². The predicted molar refractivity (Wildman–Crippen MR) is 83.7 cm³/mol. The lowest BCUT2D eigenvalue weighted by molar-refractivity contribution is -0.111. The van der Waals surface area contributed by atoms with Gasteiger partial charge in [0.25, 0.3) is 0 Å². The molecule has 7 heteroatoms. The van der Waals surface area contributed by atoms with Crippen LogP contribution in [0.2, 0.25) is 5.02 Å². The standard InChI is InChI=1S/C15H14ClN3O3/c1-19-9-12(14(18-19)15(21)22-2)17-13(20)8-7-10-5-3-4-6-11(10)16/h3-9H,1-2H3,(H,17,20)/b8-7+. The monoisotopic (exact) mass is 319 g/mol. The van der Waals surface area contributed by atoms with Crippen molar-refractivity contribution in [1.82, 2.24) is 9.78 Å². The number of carbonyl (C=O) groups excluding carboxylic acids is 2. The van der Waals surface area contributed by atoms with Crippen LogP contribution in [-0.4, -0.2) is 28.8 Å². The topological polar surface area (TPSA) is 73.2 Å². The van der Waals surface area contributed by atoms with Crippen LogP contribution in [0.3, 0.4) is 0 Å². The summed E-state index contributed by atoms with van der Waals surface area (Å²) in [6.45, 7) is 0. The Hall–Kier alpha value is -2.60. The molecule has 2 aromatic rings. The van der Waals surface area contributed by atoms with Crippen LogP contribution in [-0.2, 0) is 16.6 Å². The first-order valence-corrected chi connectivity index (χ1v) is 6.74. The number of aryl methyl sites for hydroxylation is 1. The Bertz CT molecular complexity index is 737. The maximum Gasteiger partial charge on any atom is 0.360 e. The van der Waals surface area contributed by atoms with Crippen molar-refractivity contribution in [2.45, 2.75) is 0 Å². The minimum Gasteiger partial charge on any atom is -0.464 e. The Morgan fingerprint density at radius 3 is 2.77 bits per heavy atom. The number of rotatable bonds is 4. The third kappa shape index (κ3) is 3.73. The van der Waals surface area contributed by atoms with Crippen molar-refractivity contribution in [2.75, 3.05) is 12.4 Å². The van der Waals surface area contributed by atoms with E-state index in [1.807, 2.05) is 6.07 Å². The van der Waals surface area contributed by atoms with Crippen molar-refractivity contribution in [3.05, 3.63) is 52.8 Å². The number of carbonyl (C=O) groups is 2. The number of benzene rings is 1. The van der Waals surface area contributed by atoms with Gasteiger partial charge in [-0.15, -0.1) is 0 Å². The van der Waals surface area contributed by atoms with Crippen molar-refractivity contribution in [2.24, 2.45) is 7.05 Å². The van der Waals surface area contributed by atoms with Gasteiger partial charge in [-0.3, -0.25) is 9.48 Å². The summed E-state index contributed by atoms with van der Waals surface area (Å²) in [7, 11) is 2.89. The number of hydrogen-bond donors (Lipinski definition) is 1. The molecule has 0 fully saturated rings. The summed E-state index contributed by atoms with van der Waals surface area (Å²) >= 11 is 6.00. The van der Waals surface area contributed by atoms with E-state index in [1.54, 1.807) is 31.3 Å². The molecule has 0 saturated heterocycles. The molecule has 0 radical (unpaired) electrons. The minimum absolute atomic E-state index is 0.0458. The molecule has 0 unspecified atom stereocenters. The lowest BCUT2D eigenvalue weighted by atomic mass is 10.2. The number of nitrogens with zero attached hydrogens (tertiary/aromatic N) is 2. The van der Waals surface area contributed by atoms with Gasteiger partial charge in [-0.25, -0.2) is 4.79 Å². The van der Waals surface area contributed by atoms with E-state index in [-0.39, 0.29) is 11.4 Å². The molecule has 1 heterocycles. The summed E-state index contributed by atoms with van der Waals surface area (Å²) in [5.41, 5.74) is 1.05. The minimum atomic E-state index is -0.619. The third-order valence-corrected chi connectivity index (χ3v) is 3.13. The van der Waals surface area contributed by atoms with Crippen LogP contribution < -0.4 is 5.32 Å². The van der Waals surface area contributed by atoms with Crippen molar-refractivity contribution < 1.29 is 14.3 Å². The Morgan fingerprint density at radius 2 is 2.09 bits per heavy atom. The molecule has 114 valence electrons. The number of nitrogens with one attached hydrogen (secondary N) is 1. The second-order valence-corrected chi connectivity index (χ2v) is 4.81. The van der Waals surface area contributed by atoms with Gasteiger partial charge in [0.1, 0.15) is 0 Å². The summed E-state index contributed by atoms with van der Waals surface area (Å²) in [6, 6.07) is 7.14. The van der Waals surface area contributed by atoms with E-state index >= 15 is 0 Å². The van der Waals surface area contributed by atoms with E-state index in [1.165, 1.54) is 24.1 Å². The highest BCUT2D eigenvalue weighted by molar-refractivity contribution is 6.32. The molecule has 22 heavy (non-hydrogen) atoms. The molecule has 1 N–H and O–H groups in total. The van der Waals surface area contributed by atoms with Gasteiger partial charge in [-0.2, -0.15) is 5.10 Å². The van der Waals surface area contributed by atoms with Crippen LogP contribution in [0.1, 0.15) is 16.1 Å². The SMILES string of the molecule is COC(=O)c1nn(C)cc1NC(=O)/C=C/c1ccccc1Cl. The van der Waals surface area contributed by atoms with Crippen LogP contribution in [0.5, 0.6) is 0 Å². The Labute approximate surface area is 132 Å². The van der Waals surface area contributed by atoms with E-state index in [0.717, 1.165) is 5.56 Å². The van der Waals surface area contributed by atoms with E-state index in [4.69, 9.17) is 11.6 Å². The first kappa shape index (κ1) is 15.8. The van der Waals surface area contributed by atoms with Crippen LogP contribution >= 0.6 is 11.6 Å². The lowest BCUT2D eigenvalue weighted by Gasteiger charge is -2.01. The van der Waals surface area contributed by atoms with E-state index in [0.29, 0.717) is 5.02 Å². The number of esters is 1. The van der Waals surface area contributed by atoms with Gasteiger partial charge in [0.15, 0.2) is 5.69 Å². The van der Waals surface area contributed by atoms with Crippen LogP contribution in [0.4, 0.5) is 5.69 Å². The molecule has 2 rings (SSSR count). The van der Waals surface area contributed by atoms with Gasteiger partial charge in [-0.1, -0.05) is 29.8 Å². The predicted octanol–water partition coefficient (Wildman–Crippen LogP) is 2.51. The summed E-state index contributed by atoms with van der Waals surface area (Å²) in [5, 5.41) is 7.08. The van der Waals surface area contributed by atoms with Gasteiger partial charge in [0, 0.05) is 24.3 Å². The van der Waals surface area contributed by atoms with Crippen LogP contribution in [0.25, 0.3) is 6.08 Å². The number of methoxy groups -OCH3 is 1. The zero-order valence-corrected chi connectivity index (χ0v) is 12.8. The summed E-state index contributed by atoms with van der Waals surface area (Å²) in [5.74, 6) is -1.02. The van der Waals surface area contributed by atoms with E-state index in [2.05, 4.69) is 15.2 Å². The summed E-state index contributed by atoms with van der Waals surface area (Å²) < 4.78 is 6.03. The molecule has 0 bridgehead atoms. The number of anilines is 1. The summed E-state index contributed by atoms with van der Waals surface area (Å²) in [4.78, 5) is 23.5. The van der Waals surface area contributed by atoms with Crippen molar-refractivity contribution in [1.29, 1.82) is 0 Å². The largest absolute Gasteiger partial charge is 0.464 e. The second kappa shape index (κ2) is 6.91. The Morgan fingerprint density at radius 1 is 1.36 bits per heavy atom. The quantitative estimate of drug-likeness (QED) is 0.694. The maximum absolute atomic E-state index is 11.9. The Balaban J connectivity index is 2.13. The molecule has 0 aliphatic rings. The smallest absolute Gasteiger partial charge is 0.360 e. The third-order valence-electron chi connectivity index (χ3n) is 2.78. The number of aromatic nitrogens is 2. The molecular weight excluding hydrogens is 306 g/mol. The van der Waals surface area contributed by atoms with Gasteiger partial charge >= 0.3 is 5.97 Å². The first-order chi connectivity index (χ1) is 10.5. The zero-order chi connectivity index (χ0) is 16.1. The Kier molecular flexibility index (Phi) is 4.95. The average molecular weight is 320 g/mol. The molecular formula is C15H14ClN3O3. The lowest BCUT2D eigenvalue weighted by Crippen LogP contribution is -2.12. The molecule has 0 spiro atoms. The molecule has 1 aromatic carbocycles. The van der Waals surface area contributed by atoms with Gasteiger partial charge in [0.05, 0.1) is 12.8 Å². The number of halogens is 1. The van der Waals surface area contributed by atoms with Crippen molar-refractivity contribution in [3.8, 4) is 0 Å². The van der Waals surface area contributed by atoms with Crippen LogP contribution in [0, 0.1) is 0 Å². The molecule has 0 aliphatic carbocycles. The highest BCUT2D eigenvalue weighted by Crippen LogP contribution is 2.17. The second-order valence-electron chi connectivity index (χ2n) is 4.40. The fraction of sp³-hybridized carbons (Fsp3) is 0.133. The first-order valence-electron chi connectivity index (χ1n) is 6.37. The van der Waals surface area contributed by atoms with Crippen LogP contribution in [0.15, 0.2) is 36.5 Å². The molecule has 0 atom stereocenters. The fourth-order valence-electron chi connectivity index (χ4n) is 1.78. The average Bonchev–Trinajstić information content (AvgIpc) is 2.86. The maximum atomic E-state index is 11.9. The van der Waals surface area contributed by atoms with Gasteiger partial charge in [0.2, 0.25) is 5.91 Å². The molecule has 6 nitrogen and oxygen atoms in total. The van der Waals surface area contributed by atoms with Gasteiger partial charge in [-0.05, 0) is 17.7 Å². The number of ether oxygens (including phenoxy) is 1. The molecule has 0 saturated carbocycles. The zero-order valence-electron chi connectivity index (χ0n) is 12.0. The molecule has 0 aliphatic heterocycles. The highest BCUT2D eigenvalue weighted by Gasteiger charge is 2.17. The fourth-order valence-corrected chi connectivity index (χ4v) is 1.98. The van der Waals surface area contributed by atoms with E-state index < -0.39 is 11.9 Å². The highest BCUT2D eigenvalue weighted by atomic mass is 35.5. The normalized spacial score (nSPS) is 10.7. The molecule has 1 aromatic heterocycles. The van der Waals surface area contributed by atoms with Crippen molar-refractivity contribution in [3.63, 3.8) is 0 Å². The summed E-state index contributed by atoms with van der Waals surface area (Å²) in [6.07, 6.45) is 4.44. The molecule has 1 amide bonds. The number of amides is 1. The number of hydrogen-bond acceptors (Lipinski definition) is 4. The van der Waals surface area contributed by atoms with Gasteiger partial charge < -0.3 is 10.1 Å². The van der Waals surface area contributed by atoms with Crippen molar-refractivity contribution >= 4 is 35.2 Å².